The van der Waals surface area contributed by atoms with Gasteiger partial charge in [-0.1, -0.05) is 6.92 Å². The predicted octanol–water partition coefficient (Wildman–Crippen LogP) is -0.267. The van der Waals surface area contributed by atoms with E-state index in [1.807, 2.05) is 6.92 Å². The van der Waals surface area contributed by atoms with Gasteiger partial charge in [0.2, 0.25) is 0 Å². The summed E-state index contributed by atoms with van der Waals surface area (Å²) in [6.45, 7) is 3.58. The average Bonchev–Trinajstić information content (AvgIpc) is 1.96. The summed E-state index contributed by atoms with van der Waals surface area (Å²) in [5, 5.41) is 9.74. The second-order valence-corrected chi connectivity index (χ2v) is 3.03. The molecule has 0 bridgehead atoms. The average molecular weight is 145 g/mol. The number of aliphatic hydroxyl groups is 1. The maximum atomic E-state index is 9.74. The molecule has 1 saturated heterocycles. The molecule has 0 spiro atoms. The topological polar surface area (TPSA) is 55.5 Å². The van der Waals surface area contributed by atoms with Crippen LogP contribution in [0.4, 0.5) is 0 Å². The minimum Gasteiger partial charge on any atom is -0.388 e. The highest BCUT2D eigenvalue weighted by atomic mass is 16.5. The third-order valence-corrected chi connectivity index (χ3v) is 2.32. The smallest absolute Gasteiger partial charge is 0.0838 e. The summed E-state index contributed by atoms with van der Waals surface area (Å²) in [6, 6.07) is 0. The van der Waals surface area contributed by atoms with Gasteiger partial charge in [-0.2, -0.15) is 0 Å². The van der Waals surface area contributed by atoms with Crippen LogP contribution < -0.4 is 5.73 Å². The minimum absolute atomic E-state index is 0.172. The van der Waals surface area contributed by atoms with Crippen molar-refractivity contribution < 1.29 is 9.84 Å². The fourth-order valence-corrected chi connectivity index (χ4v) is 1.21. The first-order valence-corrected chi connectivity index (χ1v) is 3.69. The van der Waals surface area contributed by atoms with Gasteiger partial charge in [-0.25, -0.2) is 0 Å². The number of nitrogens with two attached hydrogens (primary N) is 1. The van der Waals surface area contributed by atoms with E-state index in [2.05, 4.69) is 0 Å². The molecule has 3 N–H and O–H groups in total. The standard InChI is InChI=1S/C7H15NO2/c1-6-4-10-3-2-7(6,9)5-8/h6,9H,2-5,8H2,1H3. The second kappa shape index (κ2) is 2.86. The summed E-state index contributed by atoms with van der Waals surface area (Å²) in [5.41, 5.74) is 4.75. The molecule has 0 aromatic heterocycles. The molecule has 3 heteroatoms. The van der Waals surface area contributed by atoms with Crippen LogP contribution in [0.5, 0.6) is 0 Å². The fourth-order valence-electron chi connectivity index (χ4n) is 1.21. The van der Waals surface area contributed by atoms with Crippen molar-refractivity contribution in [2.75, 3.05) is 19.8 Å². The van der Waals surface area contributed by atoms with Crippen molar-refractivity contribution >= 4 is 0 Å². The molecule has 1 rings (SSSR count). The quantitative estimate of drug-likeness (QED) is 0.534. The van der Waals surface area contributed by atoms with Gasteiger partial charge in [0.1, 0.15) is 0 Å². The maximum Gasteiger partial charge on any atom is 0.0838 e. The van der Waals surface area contributed by atoms with Crippen molar-refractivity contribution in [1.82, 2.24) is 0 Å². The zero-order valence-corrected chi connectivity index (χ0v) is 6.34. The number of hydrogen-bond acceptors (Lipinski definition) is 3. The fraction of sp³-hybridized carbons (Fsp3) is 1.00. The van der Waals surface area contributed by atoms with E-state index in [9.17, 15) is 5.11 Å². The highest BCUT2D eigenvalue weighted by Crippen LogP contribution is 2.24. The molecule has 2 unspecified atom stereocenters. The second-order valence-electron chi connectivity index (χ2n) is 3.03. The first-order valence-electron chi connectivity index (χ1n) is 3.69. The maximum absolute atomic E-state index is 9.74. The number of rotatable bonds is 1. The van der Waals surface area contributed by atoms with Gasteiger partial charge in [0.25, 0.3) is 0 Å². The summed E-state index contributed by atoms with van der Waals surface area (Å²) < 4.78 is 5.16. The zero-order valence-electron chi connectivity index (χ0n) is 6.34. The summed E-state index contributed by atoms with van der Waals surface area (Å²) in [6.07, 6.45) is 0.671. The van der Waals surface area contributed by atoms with E-state index in [0.717, 1.165) is 0 Å². The van der Waals surface area contributed by atoms with Crippen molar-refractivity contribution in [3.8, 4) is 0 Å². The Morgan fingerprint density at radius 3 is 2.90 bits per heavy atom. The molecule has 1 fully saturated rings. The summed E-state index contributed by atoms with van der Waals surface area (Å²) in [5.74, 6) is 0.172. The van der Waals surface area contributed by atoms with Crippen LogP contribution in [0.3, 0.4) is 0 Å². The lowest BCUT2D eigenvalue weighted by Crippen LogP contribution is -2.49. The Balaban J connectivity index is 2.54. The molecular formula is C7H15NO2. The van der Waals surface area contributed by atoms with Crippen LogP contribution in [0, 0.1) is 5.92 Å². The van der Waals surface area contributed by atoms with E-state index < -0.39 is 5.60 Å². The van der Waals surface area contributed by atoms with E-state index in [0.29, 0.717) is 26.2 Å². The van der Waals surface area contributed by atoms with Crippen molar-refractivity contribution in [1.29, 1.82) is 0 Å². The van der Waals surface area contributed by atoms with Gasteiger partial charge < -0.3 is 15.6 Å². The van der Waals surface area contributed by atoms with Gasteiger partial charge in [-0.05, 0) is 0 Å². The minimum atomic E-state index is -0.668. The Kier molecular flexibility index (Phi) is 2.28. The first-order chi connectivity index (χ1) is 4.69. The van der Waals surface area contributed by atoms with E-state index in [1.165, 1.54) is 0 Å². The molecule has 1 aliphatic heterocycles. The normalized spacial score (nSPS) is 41.7. The lowest BCUT2D eigenvalue weighted by Gasteiger charge is -2.36. The van der Waals surface area contributed by atoms with Crippen LogP contribution in [-0.4, -0.2) is 30.5 Å². The van der Waals surface area contributed by atoms with E-state index in [1.54, 1.807) is 0 Å². The van der Waals surface area contributed by atoms with Gasteiger partial charge in [0.15, 0.2) is 0 Å². The molecule has 0 aliphatic carbocycles. The molecule has 2 atom stereocenters. The molecule has 0 aromatic carbocycles. The van der Waals surface area contributed by atoms with E-state index in [4.69, 9.17) is 10.5 Å². The van der Waals surface area contributed by atoms with Gasteiger partial charge in [-0.3, -0.25) is 0 Å². The summed E-state index contributed by atoms with van der Waals surface area (Å²) in [7, 11) is 0. The van der Waals surface area contributed by atoms with E-state index in [-0.39, 0.29) is 5.92 Å². The van der Waals surface area contributed by atoms with Crippen LogP contribution in [0.15, 0.2) is 0 Å². The third-order valence-electron chi connectivity index (χ3n) is 2.32. The molecular weight excluding hydrogens is 130 g/mol. The van der Waals surface area contributed by atoms with Crippen molar-refractivity contribution in [2.24, 2.45) is 11.7 Å². The Morgan fingerprint density at radius 1 is 1.80 bits per heavy atom. The Morgan fingerprint density at radius 2 is 2.50 bits per heavy atom. The van der Waals surface area contributed by atoms with Crippen LogP contribution in [-0.2, 0) is 4.74 Å². The molecule has 0 radical (unpaired) electrons. The Labute approximate surface area is 61.2 Å². The van der Waals surface area contributed by atoms with Gasteiger partial charge >= 0.3 is 0 Å². The molecule has 0 aromatic rings. The highest BCUT2D eigenvalue weighted by molar-refractivity contribution is 4.87. The number of ether oxygens (including phenoxy) is 1. The summed E-state index contributed by atoms with van der Waals surface area (Å²) >= 11 is 0. The van der Waals surface area contributed by atoms with Crippen LogP contribution >= 0.6 is 0 Å². The lowest BCUT2D eigenvalue weighted by atomic mass is 9.85. The molecule has 1 heterocycles. The lowest BCUT2D eigenvalue weighted by molar-refractivity contribution is -0.0994. The van der Waals surface area contributed by atoms with Crippen LogP contribution in [0.2, 0.25) is 0 Å². The van der Waals surface area contributed by atoms with Crippen LogP contribution in [0.1, 0.15) is 13.3 Å². The van der Waals surface area contributed by atoms with Crippen LogP contribution in [0.25, 0.3) is 0 Å². The SMILES string of the molecule is CC1COCCC1(O)CN. The number of hydrogen-bond donors (Lipinski definition) is 2. The van der Waals surface area contributed by atoms with Gasteiger partial charge in [0.05, 0.1) is 12.2 Å². The molecule has 0 saturated carbocycles. The van der Waals surface area contributed by atoms with Gasteiger partial charge in [-0.15, -0.1) is 0 Å². The predicted molar refractivity (Wildman–Crippen MR) is 38.6 cm³/mol. The van der Waals surface area contributed by atoms with Crippen molar-refractivity contribution in [3.63, 3.8) is 0 Å². The summed E-state index contributed by atoms with van der Waals surface area (Å²) in [4.78, 5) is 0. The largest absolute Gasteiger partial charge is 0.388 e. The first kappa shape index (κ1) is 7.98. The highest BCUT2D eigenvalue weighted by Gasteiger charge is 2.34. The molecule has 10 heavy (non-hydrogen) atoms. The molecule has 0 amide bonds. The molecule has 3 nitrogen and oxygen atoms in total. The Hall–Kier alpha value is -0.120. The van der Waals surface area contributed by atoms with Gasteiger partial charge in [0, 0.05) is 25.5 Å². The van der Waals surface area contributed by atoms with Crippen molar-refractivity contribution in [2.45, 2.75) is 18.9 Å². The Bertz CT molecular complexity index is 118. The third kappa shape index (κ3) is 1.31. The molecule has 60 valence electrons. The molecule has 1 aliphatic rings. The van der Waals surface area contributed by atoms with Crippen molar-refractivity contribution in [3.05, 3.63) is 0 Å². The monoisotopic (exact) mass is 145 g/mol. The van der Waals surface area contributed by atoms with E-state index >= 15 is 0 Å². The zero-order chi connectivity index (χ0) is 7.61.